The van der Waals surface area contributed by atoms with Crippen molar-refractivity contribution < 1.29 is 19.5 Å². The van der Waals surface area contributed by atoms with E-state index < -0.39 is 18.0 Å². The summed E-state index contributed by atoms with van der Waals surface area (Å²) < 4.78 is 0. The minimum Gasteiger partial charge on any atom is -0.480 e. The van der Waals surface area contributed by atoms with E-state index in [1.54, 1.807) is 6.92 Å². The molecule has 0 spiro atoms. The molecule has 0 aliphatic rings. The topological polar surface area (TPSA) is 122 Å². The fraction of sp³-hybridized carbons (Fsp3) is 0.667. The second-order valence-corrected chi connectivity index (χ2v) is 3.25. The van der Waals surface area contributed by atoms with Gasteiger partial charge in [-0.05, 0) is 12.8 Å². The van der Waals surface area contributed by atoms with Crippen molar-refractivity contribution in [3.8, 4) is 0 Å². The van der Waals surface area contributed by atoms with Gasteiger partial charge in [-0.2, -0.15) is 0 Å². The zero-order valence-electron chi connectivity index (χ0n) is 9.16. The maximum Gasteiger partial charge on any atom is 0.326 e. The molecule has 0 aliphatic carbocycles. The van der Waals surface area contributed by atoms with Crippen LogP contribution in [0.3, 0.4) is 0 Å². The molecule has 0 aromatic heterocycles. The number of amides is 3. The summed E-state index contributed by atoms with van der Waals surface area (Å²) in [6, 6.07) is -1.56. The number of urea groups is 1. The van der Waals surface area contributed by atoms with Crippen LogP contribution in [-0.4, -0.2) is 35.6 Å². The molecular weight excluding hydrogens is 214 g/mol. The van der Waals surface area contributed by atoms with E-state index in [0.29, 0.717) is 13.0 Å². The molecule has 0 aromatic carbocycles. The number of carboxylic acids is 1. The van der Waals surface area contributed by atoms with Gasteiger partial charge in [0.25, 0.3) is 0 Å². The second-order valence-electron chi connectivity index (χ2n) is 3.25. The number of nitrogens with one attached hydrogen (secondary N) is 2. The summed E-state index contributed by atoms with van der Waals surface area (Å²) in [5.41, 5.74) is 4.84. The first-order chi connectivity index (χ1) is 7.47. The standard InChI is InChI=1S/C9H17N3O4/c1-2-7(13)12-6(8(14)15)4-3-5-11-9(10)16/h6H,2-5H2,1H3,(H,12,13)(H,14,15)(H3,10,11,16). The number of carboxylic acid groups (broad SMARTS) is 1. The van der Waals surface area contributed by atoms with Gasteiger partial charge < -0.3 is 21.5 Å². The van der Waals surface area contributed by atoms with E-state index in [1.165, 1.54) is 0 Å². The van der Waals surface area contributed by atoms with Gasteiger partial charge in [-0.15, -0.1) is 0 Å². The van der Waals surface area contributed by atoms with Gasteiger partial charge in [0.15, 0.2) is 0 Å². The molecule has 3 amide bonds. The number of aliphatic carboxylic acids is 1. The van der Waals surface area contributed by atoms with E-state index in [9.17, 15) is 14.4 Å². The molecule has 0 radical (unpaired) electrons. The lowest BCUT2D eigenvalue weighted by molar-refractivity contribution is -0.142. The Balaban J connectivity index is 3.90. The maximum absolute atomic E-state index is 11.0. The zero-order valence-corrected chi connectivity index (χ0v) is 9.16. The van der Waals surface area contributed by atoms with Crippen molar-refractivity contribution in [3.63, 3.8) is 0 Å². The second kappa shape index (κ2) is 7.49. The van der Waals surface area contributed by atoms with Crippen molar-refractivity contribution in [1.82, 2.24) is 10.6 Å². The lowest BCUT2D eigenvalue weighted by atomic mass is 10.1. The van der Waals surface area contributed by atoms with Gasteiger partial charge in [0.2, 0.25) is 5.91 Å². The largest absolute Gasteiger partial charge is 0.480 e. The van der Waals surface area contributed by atoms with Crippen molar-refractivity contribution in [2.75, 3.05) is 6.54 Å². The Kier molecular flexibility index (Phi) is 6.66. The van der Waals surface area contributed by atoms with Crippen molar-refractivity contribution in [2.45, 2.75) is 32.2 Å². The molecule has 7 nitrogen and oxygen atoms in total. The van der Waals surface area contributed by atoms with Gasteiger partial charge in [0.1, 0.15) is 6.04 Å². The summed E-state index contributed by atoms with van der Waals surface area (Å²) in [6.07, 6.45) is 0.925. The van der Waals surface area contributed by atoms with Crippen LogP contribution in [0.15, 0.2) is 0 Å². The van der Waals surface area contributed by atoms with Crippen LogP contribution < -0.4 is 16.4 Å². The SMILES string of the molecule is CCC(=O)NC(CCCNC(N)=O)C(=O)O. The minimum absolute atomic E-state index is 0.239. The lowest BCUT2D eigenvalue weighted by Crippen LogP contribution is -2.41. The molecule has 0 aromatic rings. The van der Waals surface area contributed by atoms with Gasteiger partial charge in [0, 0.05) is 13.0 Å². The quantitative estimate of drug-likeness (QED) is 0.437. The maximum atomic E-state index is 11.0. The number of primary amides is 1. The van der Waals surface area contributed by atoms with Crippen molar-refractivity contribution >= 4 is 17.9 Å². The van der Waals surface area contributed by atoms with Crippen molar-refractivity contribution in [1.29, 1.82) is 0 Å². The first kappa shape index (κ1) is 14.2. The Morgan fingerprint density at radius 3 is 2.44 bits per heavy atom. The van der Waals surface area contributed by atoms with Crippen LogP contribution in [0.1, 0.15) is 26.2 Å². The number of hydrogen-bond donors (Lipinski definition) is 4. The van der Waals surface area contributed by atoms with E-state index in [2.05, 4.69) is 10.6 Å². The molecule has 0 rings (SSSR count). The number of nitrogens with two attached hydrogens (primary N) is 1. The highest BCUT2D eigenvalue weighted by atomic mass is 16.4. The Morgan fingerprint density at radius 2 is 2.00 bits per heavy atom. The third-order valence-corrected chi connectivity index (χ3v) is 1.92. The van der Waals surface area contributed by atoms with Gasteiger partial charge in [-0.3, -0.25) is 4.79 Å². The molecule has 5 N–H and O–H groups in total. The zero-order chi connectivity index (χ0) is 12.6. The first-order valence-electron chi connectivity index (χ1n) is 5.02. The average molecular weight is 231 g/mol. The molecule has 1 unspecified atom stereocenters. The fourth-order valence-corrected chi connectivity index (χ4v) is 1.07. The van der Waals surface area contributed by atoms with Gasteiger partial charge >= 0.3 is 12.0 Å². The third kappa shape index (κ3) is 6.63. The third-order valence-electron chi connectivity index (χ3n) is 1.92. The van der Waals surface area contributed by atoms with Gasteiger partial charge in [-0.25, -0.2) is 9.59 Å². The minimum atomic E-state index is -1.08. The van der Waals surface area contributed by atoms with Crippen LogP contribution in [0.2, 0.25) is 0 Å². The summed E-state index contributed by atoms with van der Waals surface area (Å²) in [5, 5.41) is 13.5. The molecule has 1 atom stereocenters. The number of rotatable bonds is 7. The molecule has 7 heteroatoms. The lowest BCUT2D eigenvalue weighted by Gasteiger charge is -2.13. The summed E-state index contributed by atoms with van der Waals surface area (Å²) in [6.45, 7) is 1.93. The predicted octanol–water partition coefficient (Wildman–Crippen LogP) is -0.586. The van der Waals surface area contributed by atoms with Crippen LogP contribution in [0.4, 0.5) is 4.79 Å². The molecule has 0 saturated heterocycles. The van der Waals surface area contributed by atoms with Gasteiger partial charge in [0.05, 0.1) is 0 Å². The average Bonchev–Trinajstić information content (AvgIpc) is 2.21. The first-order valence-corrected chi connectivity index (χ1v) is 5.02. The Hall–Kier alpha value is -1.79. The predicted molar refractivity (Wildman–Crippen MR) is 56.7 cm³/mol. The molecule has 92 valence electrons. The molecule has 0 saturated carbocycles. The van der Waals surface area contributed by atoms with E-state index in [-0.39, 0.29) is 18.7 Å². The molecule has 16 heavy (non-hydrogen) atoms. The summed E-state index contributed by atoms with van der Waals surface area (Å²) in [7, 11) is 0. The molecule has 0 fully saturated rings. The van der Waals surface area contributed by atoms with Crippen molar-refractivity contribution in [2.24, 2.45) is 5.73 Å². The number of hydrogen-bond acceptors (Lipinski definition) is 3. The highest BCUT2D eigenvalue weighted by molar-refractivity contribution is 5.83. The summed E-state index contributed by atoms with van der Waals surface area (Å²) >= 11 is 0. The highest BCUT2D eigenvalue weighted by Crippen LogP contribution is 1.97. The van der Waals surface area contributed by atoms with Gasteiger partial charge in [-0.1, -0.05) is 6.92 Å². The van der Waals surface area contributed by atoms with Crippen LogP contribution in [0.25, 0.3) is 0 Å². The Labute approximate surface area is 93.4 Å². The van der Waals surface area contributed by atoms with Crippen LogP contribution in [-0.2, 0) is 9.59 Å². The Morgan fingerprint density at radius 1 is 1.38 bits per heavy atom. The molecule has 0 aliphatic heterocycles. The molecular formula is C9H17N3O4. The van der Waals surface area contributed by atoms with E-state index in [4.69, 9.17) is 10.8 Å². The molecule has 0 heterocycles. The van der Waals surface area contributed by atoms with Crippen LogP contribution in [0.5, 0.6) is 0 Å². The van der Waals surface area contributed by atoms with E-state index in [1.807, 2.05) is 0 Å². The summed E-state index contributed by atoms with van der Waals surface area (Å²) in [4.78, 5) is 32.1. The smallest absolute Gasteiger partial charge is 0.326 e. The normalized spacial score (nSPS) is 11.6. The summed E-state index contributed by atoms with van der Waals surface area (Å²) in [5.74, 6) is -1.39. The van der Waals surface area contributed by atoms with Crippen LogP contribution >= 0.6 is 0 Å². The molecule has 0 bridgehead atoms. The van der Waals surface area contributed by atoms with E-state index >= 15 is 0 Å². The van der Waals surface area contributed by atoms with E-state index in [0.717, 1.165) is 0 Å². The number of carbonyl (C=O) groups is 3. The van der Waals surface area contributed by atoms with Crippen molar-refractivity contribution in [3.05, 3.63) is 0 Å². The Bertz CT molecular complexity index is 267. The monoisotopic (exact) mass is 231 g/mol. The highest BCUT2D eigenvalue weighted by Gasteiger charge is 2.18. The van der Waals surface area contributed by atoms with Crippen LogP contribution in [0, 0.1) is 0 Å². The number of carbonyl (C=O) groups excluding carboxylic acids is 2. The fourth-order valence-electron chi connectivity index (χ4n) is 1.07.